The summed E-state index contributed by atoms with van der Waals surface area (Å²) >= 11 is 0. The van der Waals surface area contributed by atoms with E-state index in [2.05, 4.69) is 4.90 Å². The third-order valence-corrected chi connectivity index (χ3v) is 3.51. The Morgan fingerprint density at radius 3 is 2.80 bits per heavy atom. The first kappa shape index (κ1) is 15.0. The number of rotatable bonds is 4. The maximum Gasteiger partial charge on any atom is 0.371 e. The number of hydrogen-bond acceptors (Lipinski definition) is 5. The van der Waals surface area contributed by atoms with Gasteiger partial charge in [-0.1, -0.05) is 0 Å². The molecule has 1 aromatic rings. The number of carboxylic acids is 1. The van der Waals surface area contributed by atoms with Gasteiger partial charge in [0.2, 0.25) is 5.76 Å². The van der Waals surface area contributed by atoms with Crippen molar-refractivity contribution in [3.63, 3.8) is 0 Å². The minimum absolute atomic E-state index is 0.0365. The molecule has 2 heterocycles. The maximum atomic E-state index is 10.9. The lowest BCUT2D eigenvalue weighted by molar-refractivity contribution is -0.157. The smallest absolute Gasteiger partial charge is 0.371 e. The van der Waals surface area contributed by atoms with Crippen molar-refractivity contribution < 1.29 is 24.2 Å². The van der Waals surface area contributed by atoms with E-state index in [0.29, 0.717) is 18.8 Å². The monoisotopic (exact) mass is 283 g/mol. The second kappa shape index (κ2) is 5.55. The zero-order valence-corrected chi connectivity index (χ0v) is 12.0. The molecule has 0 saturated carbocycles. The number of carbonyl (C=O) groups is 1. The van der Waals surface area contributed by atoms with Crippen LogP contribution in [0.25, 0.3) is 0 Å². The number of morpholine rings is 1. The average Bonchev–Trinajstić information content (AvgIpc) is 2.85. The van der Waals surface area contributed by atoms with Gasteiger partial charge in [0.1, 0.15) is 5.76 Å². The number of carboxylic acid groups (broad SMARTS) is 1. The van der Waals surface area contributed by atoms with Crippen LogP contribution in [-0.2, 0) is 4.74 Å². The standard InChI is InChI=1S/C14H21NO5/c1-9(11-4-5-12(19-11)13(17)18)15-6-10(7-16)20-14(2,3)8-15/h4-5,9-10,16H,6-8H2,1-3H3,(H,17,18). The van der Waals surface area contributed by atoms with Crippen molar-refractivity contribution in [2.24, 2.45) is 0 Å². The van der Waals surface area contributed by atoms with Gasteiger partial charge < -0.3 is 19.4 Å². The van der Waals surface area contributed by atoms with Crippen LogP contribution in [0.4, 0.5) is 0 Å². The Hall–Kier alpha value is -1.37. The van der Waals surface area contributed by atoms with Gasteiger partial charge in [0.25, 0.3) is 0 Å². The van der Waals surface area contributed by atoms with Gasteiger partial charge in [-0.3, -0.25) is 4.90 Å². The third-order valence-electron chi connectivity index (χ3n) is 3.51. The normalized spacial score (nSPS) is 24.5. The van der Waals surface area contributed by atoms with Gasteiger partial charge in [-0.25, -0.2) is 4.79 Å². The van der Waals surface area contributed by atoms with E-state index in [1.165, 1.54) is 6.07 Å². The van der Waals surface area contributed by atoms with Gasteiger partial charge in [0.05, 0.1) is 24.4 Å². The quantitative estimate of drug-likeness (QED) is 0.871. The summed E-state index contributed by atoms with van der Waals surface area (Å²) in [4.78, 5) is 13.0. The molecule has 0 aliphatic carbocycles. The van der Waals surface area contributed by atoms with Crippen LogP contribution in [0.3, 0.4) is 0 Å². The highest BCUT2D eigenvalue weighted by Gasteiger charge is 2.36. The molecule has 6 heteroatoms. The molecule has 112 valence electrons. The number of nitrogens with zero attached hydrogens (tertiary/aromatic N) is 1. The Labute approximate surface area is 117 Å². The summed E-state index contributed by atoms with van der Waals surface area (Å²) in [6.07, 6.45) is -0.241. The summed E-state index contributed by atoms with van der Waals surface area (Å²) < 4.78 is 11.1. The summed E-state index contributed by atoms with van der Waals surface area (Å²) in [5, 5.41) is 18.2. The van der Waals surface area contributed by atoms with E-state index in [1.807, 2.05) is 20.8 Å². The van der Waals surface area contributed by atoms with Crippen LogP contribution in [0.5, 0.6) is 0 Å². The summed E-state index contributed by atoms with van der Waals surface area (Å²) in [5.74, 6) is -0.520. The predicted molar refractivity (Wildman–Crippen MR) is 71.7 cm³/mol. The Kier molecular flexibility index (Phi) is 4.17. The second-order valence-electron chi connectivity index (χ2n) is 5.79. The van der Waals surface area contributed by atoms with Crippen molar-refractivity contribution in [3.05, 3.63) is 23.7 Å². The fourth-order valence-electron chi connectivity index (χ4n) is 2.60. The van der Waals surface area contributed by atoms with Gasteiger partial charge in [-0.05, 0) is 32.9 Å². The number of aliphatic hydroxyl groups excluding tert-OH is 1. The first-order chi connectivity index (χ1) is 9.32. The highest BCUT2D eigenvalue weighted by Crippen LogP contribution is 2.29. The van der Waals surface area contributed by atoms with E-state index in [9.17, 15) is 9.90 Å². The summed E-state index contributed by atoms with van der Waals surface area (Å²) in [7, 11) is 0. The fraction of sp³-hybridized carbons (Fsp3) is 0.643. The van der Waals surface area contributed by atoms with Gasteiger partial charge in [-0.15, -0.1) is 0 Å². The van der Waals surface area contributed by atoms with Crippen LogP contribution in [0.2, 0.25) is 0 Å². The van der Waals surface area contributed by atoms with E-state index >= 15 is 0 Å². The van der Waals surface area contributed by atoms with E-state index in [4.69, 9.17) is 14.3 Å². The zero-order valence-electron chi connectivity index (χ0n) is 12.0. The molecule has 0 spiro atoms. The van der Waals surface area contributed by atoms with E-state index in [-0.39, 0.29) is 30.1 Å². The Morgan fingerprint density at radius 1 is 1.55 bits per heavy atom. The number of furan rings is 1. The molecular weight excluding hydrogens is 262 g/mol. The predicted octanol–water partition coefficient (Wildman–Crippen LogP) is 1.51. The van der Waals surface area contributed by atoms with Crippen LogP contribution in [0, 0.1) is 0 Å². The molecule has 0 amide bonds. The Bertz CT molecular complexity index is 482. The minimum atomic E-state index is -1.07. The molecule has 0 aromatic carbocycles. The molecule has 1 aromatic heterocycles. The van der Waals surface area contributed by atoms with Crippen LogP contribution in [0.15, 0.2) is 16.5 Å². The highest BCUT2D eigenvalue weighted by atomic mass is 16.5. The first-order valence-electron chi connectivity index (χ1n) is 6.68. The van der Waals surface area contributed by atoms with Crippen LogP contribution < -0.4 is 0 Å². The van der Waals surface area contributed by atoms with Crippen molar-refractivity contribution in [2.45, 2.75) is 38.5 Å². The molecule has 20 heavy (non-hydrogen) atoms. The van der Waals surface area contributed by atoms with E-state index < -0.39 is 5.97 Å². The van der Waals surface area contributed by atoms with Crippen molar-refractivity contribution in [1.29, 1.82) is 0 Å². The van der Waals surface area contributed by atoms with Gasteiger partial charge in [-0.2, -0.15) is 0 Å². The molecule has 6 nitrogen and oxygen atoms in total. The van der Waals surface area contributed by atoms with Crippen LogP contribution >= 0.6 is 0 Å². The molecule has 0 bridgehead atoms. The highest BCUT2D eigenvalue weighted by molar-refractivity contribution is 5.84. The third kappa shape index (κ3) is 3.20. The lowest BCUT2D eigenvalue weighted by atomic mass is 10.0. The molecule has 2 N–H and O–H groups in total. The van der Waals surface area contributed by atoms with Gasteiger partial charge in [0, 0.05) is 13.1 Å². The summed E-state index contributed by atoms with van der Waals surface area (Å²) in [6, 6.07) is 3.08. The summed E-state index contributed by atoms with van der Waals surface area (Å²) in [5.41, 5.74) is -0.359. The molecule has 2 unspecified atom stereocenters. The number of aliphatic hydroxyl groups is 1. The van der Waals surface area contributed by atoms with E-state index in [1.54, 1.807) is 6.07 Å². The van der Waals surface area contributed by atoms with Crippen molar-refractivity contribution in [2.75, 3.05) is 19.7 Å². The molecule has 0 radical (unpaired) electrons. The molecular formula is C14H21NO5. The first-order valence-corrected chi connectivity index (χ1v) is 6.68. The summed E-state index contributed by atoms with van der Waals surface area (Å²) in [6.45, 7) is 7.14. The molecule has 1 aliphatic heterocycles. The second-order valence-corrected chi connectivity index (χ2v) is 5.79. The van der Waals surface area contributed by atoms with Crippen molar-refractivity contribution in [1.82, 2.24) is 4.90 Å². The molecule has 1 saturated heterocycles. The Balaban J connectivity index is 2.14. The molecule has 1 fully saturated rings. The Morgan fingerprint density at radius 2 is 2.25 bits per heavy atom. The van der Waals surface area contributed by atoms with Crippen molar-refractivity contribution >= 4 is 5.97 Å². The van der Waals surface area contributed by atoms with Crippen LogP contribution in [-0.4, -0.2) is 52.5 Å². The van der Waals surface area contributed by atoms with Crippen molar-refractivity contribution in [3.8, 4) is 0 Å². The lowest BCUT2D eigenvalue weighted by Crippen LogP contribution is -2.54. The lowest BCUT2D eigenvalue weighted by Gasteiger charge is -2.44. The van der Waals surface area contributed by atoms with Gasteiger partial charge >= 0.3 is 5.97 Å². The van der Waals surface area contributed by atoms with Gasteiger partial charge in [0.15, 0.2) is 0 Å². The zero-order chi connectivity index (χ0) is 14.9. The fourth-order valence-corrected chi connectivity index (χ4v) is 2.60. The molecule has 2 rings (SSSR count). The molecule has 1 aliphatic rings. The SMILES string of the molecule is CC(c1ccc(C(=O)O)o1)N1CC(CO)OC(C)(C)C1. The topological polar surface area (TPSA) is 83.1 Å². The molecule has 2 atom stereocenters. The maximum absolute atomic E-state index is 10.9. The van der Waals surface area contributed by atoms with E-state index in [0.717, 1.165) is 0 Å². The number of ether oxygens (including phenoxy) is 1. The number of hydrogen-bond donors (Lipinski definition) is 2. The average molecular weight is 283 g/mol. The number of aromatic carboxylic acids is 1. The van der Waals surface area contributed by atoms with Crippen LogP contribution in [0.1, 0.15) is 43.1 Å². The minimum Gasteiger partial charge on any atom is -0.475 e. The largest absolute Gasteiger partial charge is 0.475 e.